The highest BCUT2D eigenvalue weighted by Gasteiger charge is 2.18. The van der Waals surface area contributed by atoms with Crippen molar-refractivity contribution in [3.63, 3.8) is 0 Å². The lowest BCUT2D eigenvalue weighted by atomic mass is 10.1. The van der Waals surface area contributed by atoms with Crippen molar-refractivity contribution in [3.05, 3.63) is 35.6 Å². The summed E-state index contributed by atoms with van der Waals surface area (Å²) in [5.41, 5.74) is 1.02. The molecule has 1 aromatic heterocycles. The van der Waals surface area contributed by atoms with Crippen LogP contribution in [0.5, 0.6) is 0 Å². The van der Waals surface area contributed by atoms with E-state index in [0.717, 1.165) is 5.39 Å². The highest BCUT2D eigenvalue weighted by Crippen LogP contribution is 2.27. The number of hydrogen-bond donors (Lipinski definition) is 2. The Bertz CT molecular complexity index is 628. The molecular formula is C16H22ClNO3. The Kier molecular flexibility index (Phi) is 5.56. The summed E-state index contributed by atoms with van der Waals surface area (Å²) in [5.74, 6) is 0.434. The normalized spacial score (nSPS) is 13.0. The summed E-state index contributed by atoms with van der Waals surface area (Å²) in [5, 5.41) is 14.2. The first kappa shape index (κ1) is 17.7. The minimum Gasteiger partial charge on any atom is -0.457 e. The minimum absolute atomic E-state index is 0. The summed E-state index contributed by atoms with van der Waals surface area (Å²) < 4.78 is 5.68. The first-order valence-corrected chi connectivity index (χ1v) is 6.74. The number of benzene rings is 1. The Balaban J connectivity index is 0.00000220. The molecule has 2 rings (SSSR count). The van der Waals surface area contributed by atoms with Crippen LogP contribution in [0.15, 0.2) is 28.7 Å². The summed E-state index contributed by atoms with van der Waals surface area (Å²) in [7, 11) is 0. The van der Waals surface area contributed by atoms with Crippen molar-refractivity contribution in [1.29, 1.82) is 0 Å². The highest BCUT2D eigenvalue weighted by molar-refractivity contribution is 6.04. The van der Waals surface area contributed by atoms with Crippen molar-refractivity contribution >= 4 is 29.2 Å². The molecule has 0 aliphatic carbocycles. The van der Waals surface area contributed by atoms with Crippen molar-refractivity contribution in [3.8, 4) is 0 Å². The number of fused-ring (bicyclic) bond motifs is 1. The van der Waals surface area contributed by atoms with Crippen LogP contribution >= 0.6 is 12.4 Å². The van der Waals surface area contributed by atoms with E-state index in [1.165, 1.54) is 6.92 Å². The van der Waals surface area contributed by atoms with Gasteiger partial charge < -0.3 is 14.8 Å². The Hall–Kier alpha value is -1.36. The Labute approximate surface area is 130 Å². The maximum Gasteiger partial charge on any atom is 0.163 e. The van der Waals surface area contributed by atoms with Gasteiger partial charge in [0.05, 0.1) is 5.56 Å². The van der Waals surface area contributed by atoms with Crippen molar-refractivity contribution in [2.45, 2.75) is 39.3 Å². The zero-order valence-electron chi connectivity index (χ0n) is 12.8. The van der Waals surface area contributed by atoms with E-state index in [1.54, 1.807) is 12.1 Å². The van der Waals surface area contributed by atoms with E-state index in [0.29, 0.717) is 23.5 Å². The second-order valence-corrected chi connectivity index (χ2v) is 6.08. The van der Waals surface area contributed by atoms with E-state index >= 15 is 0 Å². The molecule has 0 spiro atoms. The van der Waals surface area contributed by atoms with Crippen molar-refractivity contribution < 1.29 is 14.3 Å². The molecule has 0 saturated carbocycles. The monoisotopic (exact) mass is 311 g/mol. The van der Waals surface area contributed by atoms with Crippen LogP contribution < -0.4 is 5.32 Å². The molecule has 0 radical (unpaired) electrons. The molecule has 1 aromatic carbocycles. The van der Waals surface area contributed by atoms with Crippen LogP contribution in [0, 0.1) is 0 Å². The Morgan fingerprint density at radius 2 is 2.05 bits per heavy atom. The summed E-state index contributed by atoms with van der Waals surface area (Å²) >= 11 is 0. The number of ketones is 1. The quantitative estimate of drug-likeness (QED) is 0.849. The molecule has 0 fully saturated rings. The molecule has 0 aliphatic rings. The van der Waals surface area contributed by atoms with Crippen LogP contribution in [-0.4, -0.2) is 23.0 Å². The molecule has 0 bridgehead atoms. The fraction of sp³-hybridized carbons (Fsp3) is 0.438. The molecule has 1 unspecified atom stereocenters. The smallest absolute Gasteiger partial charge is 0.163 e. The Morgan fingerprint density at radius 3 is 2.62 bits per heavy atom. The van der Waals surface area contributed by atoms with Crippen LogP contribution in [0.3, 0.4) is 0 Å². The molecule has 0 aliphatic heterocycles. The lowest BCUT2D eigenvalue weighted by molar-refractivity contribution is 0.101. The van der Waals surface area contributed by atoms with E-state index in [4.69, 9.17) is 4.42 Å². The maximum atomic E-state index is 11.6. The van der Waals surface area contributed by atoms with Gasteiger partial charge in [-0.1, -0.05) is 12.1 Å². The third-order valence-electron chi connectivity index (χ3n) is 3.10. The van der Waals surface area contributed by atoms with E-state index in [2.05, 4.69) is 5.32 Å². The molecule has 2 aromatic rings. The number of rotatable bonds is 4. The van der Waals surface area contributed by atoms with Crippen LogP contribution in [0.1, 0.15) is 49.9 Å². The summed E-state index contributed by atoms with van der Waals surface area (Å²) in [6.45, 7) is 8.01. The third kappa shape index (κ3) is 4.30. The van der Waals surface area contributed by atoms with Gasteiger partial charge in [0.1, 0.15) is 17.4 Å². The average molecular weight is 312 g/mol. The van der Waals surface area contributed by atoms with Gasteiger partial charge in [0, 0.05) is 17.5 Å². The number of halogens is 1. The topological polar surface area (TPSA) is 62.5 Å². The van der Waals surface area contributed by atoms with Gasteiger partial charge in [0.25, 0.3) is 0 Å². The van der Waals surface area contributed by atoms with Crippen LogP contribution in [0.25, 0.3) is 11.0 Å². The van der Waals surface area contributed by atoms with E-state index in [1.807, 2.05) is 32.9 Å². The number of para-hydroxylation sites is 1. The number of hydrogen-bond acceptors (Lipinski definition) is 4. The van der Waals surface area contributed by atoms with Crippen molar-refractivity contribution in [2.75, 3.05) is 6.54 Å². The number of aliphatic hydroxyl groups excluding tert-OH is 1. The van der Waals surface area contributed by atoms with Crippen LogP contribution in [0.2, 0.25) is 0 Å². The van der Waals surface area contributed by atoms with E-state index in [-0.39, 0.29) is 23.7 Å². The summed E-state index contributed by atoms with van der Waals surface area (Å²) in [4.78, 5) is 11.6. The fourth-order valence-electron chi connectivity index (χ4n) is 2.03. The first-order chi connectivity index (χ1) is 9.28. The lowest BCUT2D eigenvalue weighted by Gasteiger charge is -2.22. The molecular weight excluding hydrogens is 290 g/mol. The molecule has 116 valence electrons. The zero-order chi connectivity index (χ0) is 14.9. The zero-order valence-corrected chi connectivity index (χ0v) is 13.6. The predicted octanol–water partition coefficient (Wildman–Crippen LogP) is 3.48. The second kappa shape index (κ2) is 6.60. The van der Waals surface area contributed by atoms with Crippen LogP contribution in [-0.2, 0) is 0 Å². The first-order valence-electron chi connectivity index (χ1n) is 6.74. The largest absolute Gasteiger partial charge is 0.457 e. The van der Waals surface area contributed by atoms with Crippen molar-refractivity contribution in [2.24, 2.45) is 0 Å². The highest BCUT2D eigenvalue weighted by atomic mass is 35.5. The van der Waals surface area contributed by atoms with E-state index in [9.17, 15) is 9.90 Å². The number of furan rings is 1. The van der Waals surface area contributed by atoms with Gasteiger partial charge in [-0.2, -0.15) is 0 Å². The van der Waals surface area contributed by atoms with Gasteiger partial charge in [0.15, 0.2) is 5.78 Å². The van der Waals surface area contributed by atoms with Gasteiger partial charge in [0.2, 0.25) is 0 Å². The molecule has 1 heterocycles. The average Bonchev–Trinajstić information content (AvgIpc) is 2.78. The molecule has 1 atom stereocenters. The number of carbonyl (C=O) groups excluding carboxylic acids is 1. The number of β-amino-alcohol motifs (C(OH)–C–C–N with tert-alkyl or cyclic N) is 1. The molecule has 0 amide bonds. The van der Waals surface area contributed by atoms with Gasteiger partial charge in [-0.05, 0) is 39.8 Å². The molecule has 0 saturated heterocycles. The lowest BCUT2D eigenvalue weighted by Crippen LogP contribution is -2.38. The van der Waals surface area contributed by atoms with Gasteiger partial charge in [-0.3, -0.25) is 4.79 Å². The summed E-state index contributed by atoms with van der Waals surface area (Å²) in [6, 6.07) is 7.21. The van der Waals surface area contributed by atoms with Crippen molar-refractivity contribution in [1.82, 2.24) is 5.32 Å². The number of carbonyl (C=O) groups is 1. The third-order valence-corrected chi connectivity index (χ3v) is 3.10. The number of Topliss-reactive ketones (excluding diaryl/α,β-unsaturated/α-hetero) is 1. The number of aliphatic hydroxyl groups is 1. The Morgan fingerprint density at radius 1 is 1.38 bits per heavy atom. The molecule has 2 N–H and O–H groups in total. The summed E-state index contributed by atoms with van der Waals surface area (Å²) in [6.07, 6.45) is -0.735. The van der Waals surface area contributed by atoms with Gasteiger partial charge in [-0.25, -0.2) is 0 Å². The standard InChI is InChI=1S/C16H21NO3.ClH/c1-10(18)12-7-5-6-11-8-14(20-15(11)12)13(19)9-17-16(2,3)4;/h5-8,13,17,19H,9H2,1-4H3;1H. The minimum atomic E-state index is -0.735. The van der Waals surface area contributed by atoms with E-state index < -0.39 is 6.10 Å². The number of nitrogens with one attached hydrogen (secondary N) is 1. The fourth-order valence-corrected chi connectivity index (χ4v) is 2.03. The van der Waals surface area contributed by atoms with Crippen LogP contribution in [0.4, 0.5) is 0 Å². The molecule has 21 heavy (non-hydrogen) atoms. The SMILES string of the molecule is CC(=O)c1cccc2cc(C(O)CNC(C)(C)C)oc12.Cl. The second-order valence-electron chi connectivity index (χ2n) is 6.08. The maximum absolute atomic E-state index is 11.6. The molecule has 4 nitrogen and oxygen atoms in total. The predicted molar refractivity (Wildman–Crippen MR) is 86.2 cm³/mol. The molecule has 5 heteroatoms. The van der Waals surface area contributed by atoms with Gasteiger partial charge >= 0.3 is 0 Å². The van der Waals surface area contributed by atoms with Gasteiger partial charge in [-0.15, -0.1) is 12.4 Å².